The molecule has 0 bridgehead atoms. The van der Waals surface area contributed by atoms with Crippen LogP contribution in [0.25, 0.3) is 0 Å². The average Bonchev–Trinajstić information content (AvgIpc) is 2.72. The number of nitrogens with zero attached hydrogens (tertiary/aromatic N) is 1. The van der Waals surface area contributed by atoms with Crippen molar-refractivity contribution < 1.29 is 9.59 Å². The van der Waals surface area contributed by atoms with E-state index >= 15 is 0 Å². The van der Waals surface area contributed by atoms with Gasteiger partial charge in [0, 0.05) is 0 Å². The first-order valence-electron chi connectivity index (χ1n) is 5.78. The molecular weight excluding hydrogens is 260 g/mol. The van der Waals surface area contributed by atoms with Crippen molar-refractivity contribution in [1.82, 2.24) is 5.32 Å². The second-order valence-electron chi connectivity index (χ2n) is 4.16. The maximum atomic E-state index is 11.8. The molecule has 1 saturated heterocycles. The van der Waals surface area contributed by atoms with Crippen molar-refractivity contribution in [2.45, 2.75) is 18.6 Å². The summed E-state index contributed by atoms with van der Waals surface area (Å²) in [7, 11) is 0. The summed E-state index contributed by atoms with van der Waals surface area (Å²) in [5.74, 6) is -0.483. The van der Waals surface area contributed by atoms with E-state index < -0.39 is 0 Å². The van der Waals surface area contributed by atoms with Crippen LogP contribution < -0.4 is 5.32 Å². The number of carbonyl (C=O) groups excluding carboxylic acids is 2. The first kappa shape index (κ1) is 13.4. The smallest absolute Gasteiger partial charge is 0.238 e. The molecule has 1 aliphatic rings. The highest BCUT2D eigenvalue weighted by atomic mass is 32.2. The molecular formula is C14H12N2O2S. The van der Waals surface area contributed by atoms with Crippen LogP contribution in [0.2, 0.25) is 0 Å². The molecule has 1 N–H and O–H groups in total. The van der Waals surface area contributed by atoms with Crippen LogP contribution in [-0.4, -0.2) is 16.9 Å². The summed E-state index contributed by atoms with van der Waals surface area (Å²) in [5.41, 5.74) is 1.08. The minimum atomic E-state index is -0.328. The van der Waals surface area contributed by atoms with Gasteiger partial charge in [-0.25, -0.2) is 0 Å². The lowest BCUT2D eigenvalue weighted by Crippen LogP contribution is -2.24. The third kappa shape index (κ3) is 3.04. The van der Waals surface area contributed by atoms with Gasteiger partial charge in [-0.3, -0.25) is 9.59 Å². The minimum Gasteiger partial charge on any atom is -0.318 e. The Bertz CT molecular complexity index is 587. The highest BCUT2D eigenvalue weighted by Crippen LogP contribution is 2.31. The molecule has 0 aliphatic carbocycles. The fourth-order valence-electron chi connectivity index (χ4n) is 1.79. The maximum absolute atomic E-state index is 11.8. The van der Waals surface area contributed by atoms with E-state index in [0.29, 0.717) is 11.4 Å². The van der Waals surface area contributed by atoms with E-state index in [4.69, 9.17) is 5.26 Å². The van der Waals surface area contributed by atoms with Crippen LogP contribution >= 0.6 is 11.8 Å². The number of nitrogens with one attached hydrogen (secondary N) is 1. The van der Waals surface area contributed by atoms with Crippen LogP contribution in [0.15, 0.2) is 40.9 Å². The van der Waals surface area contributed by atoms with Crippen molar-refractivity contribution in [3.63, 3.8) is 0 Å². The summed E-state index contributed by atoms with van der Waals surface area (Å²) in [6, 6.07) is 11.5. The Kier molecular flexibility index (Phi) is 4.03. The number of allylic oxidation sites excluding steroid dienone is 1. The van der Waals surface area contributed by atoms with E-state index in [2.05, 4.69) is 5.32 Å². The lowest BCUT2D eigenvalue weighted by molar-refractivity contribution is -0.119. The summed E-state index contributed by atoms with van der Waals surface area (Å²) in [5, 5.41) is 11.6. The van der Waals surface area contributed by atoms with Crippen LogP contribution in [0.1, 0.15) is 12.5 Å². The Hall–Kier alpha value is -2.06. The van der Waals surface area contributed by atoms with E-state index in [-0.39, 0.29) is 22.5 Å². The molecule has 1 fully saturated rings. The summed E-state index contributed by atoms with van der Waals surface area (Å²) in [6.07, 6.45) is 0.581. The molecule has 19 heavy (non-hydrogen) atoms. The van der Waals surface area contributed by atoms with Crippen LogP contribution in [-0.2, 0) is 16.0 Å². The molecule has 0 spiro atoms. The Morgan fingerprint density at radius 3 is 2.68 bits per heavy atom. The summed E-state index contributed by atoms with van der Waals surface area (Å²) in [4.78, 5) is 23.1. The van der Waals surface area contributed by atoms with Gasteiger partial charge in [0.15, 0.2) is 5.78 Å². The fraction of sp³-hybridized carbons (Fsp3) is 0.214. The van der Waals surface area contributed by atoms with Gasteiger partial charge in [-0.2, -0.15) is 5.26 Å². The van der Waals surface area contributed by atoms with E-state index in [9.17, 15) is 9.59 Å². The third-order valence-electron chi connectivity index (χ3n) is 2.74. The van der Waals surface area contributed by atoms with Gasteiger partial charge >= 0.3 is 0 Å². The highest BCUT2D eigenvalue weighted by molar-refractivity contribution is 8.04. The molecule has 0 saturated carbocycles. The van der Waals surface area contributed by atoms with Crippen LogP contribution in [0, 0.1) is 11.3 Å². The number of thioether (sulfide) groups is 1. The first-order chi connectivity index (χ1) is 9.11. The zero-order valence-electron chi connectivity index (χ0n) is 10.3. The molecule has 1 atom stereocenters. The van der Waals surface area contributed by atoms with Crippen molar-refractivity contribution in [1.29, 1.82) is 5.26 Å². The number of hydrogen-bond donors (Lipinski definition) is 1. The lowest BCUT2D eigenvalue weighted by Gasteiger charge is -2.04. The van der Waals surface area contributed by atoms with Gasteiger partial charge in [-0.1, -0.05) is 42.1 Å². The fourth-order valence-corrected chi connectivity index (χ4v) is 2.98. The third-order valence-corrected chi connectivity index (χ3v) is 3.95. The van der Waals surface area contributed by atoms with Gasteiger partial charge in [0.05, 0.1) is 10.3 Å². The zero-order valence-corrected chi connectivity index (χ0v) is 11.2. The monoisotopic (exact) mass is 272 g/mol. The number of rotatable bonds is 3. The molecule has 0 radical (unpaired) electrons. The number of benzene rings is 1. The lowest BCUT2D eigenvalue weighted by atomic mass is 10.1. The predicted octanol–water partition coefficient (Wildman–Crippen LogP) is 1.78. The van der Waals surface area contributed by atoms with Gasteiger partial charge in [-0.15, -0.1) is 0 Å². The zero-order chi connectivity index (χ0) is 13.8. The van der Waals surface area contributed by atoms with E-state index in [1.807, 2.05) is 36.4 Å². The van der Waals surface area contributed by atoms with E-state index in [1.165, 1.54) is 18.7 Å². The van der Waals surface area contributed by atoms with Crippen molar-refractivity contribution in [3.8, 4) is 6.07 Å². The average molecular weight is 272 g/mol. The number of carbonyl (C=O) groups is 2. The number of Topliss-reactive ketones (excluding diaryl/α,β-unsaturated/α-hetero) is 1. The Balaban J connectivity index is 2.17. The Morgan fingerprint density at radius 1 is 1.42 bits per heavy atom. The van der Waals surface area contributed by atoms with Crippen LogP contribution in [0.4, 0.5) is 0 Å². The quantitative estimate of drug-likeness (QED) is 0.672. The summed E-state index contributed by atoms with van der Waals surface area (Å²) >= 11 is 1.25. The normalized spacial score (nSPS) is 20.6. The van der Waals surface area contributed by atoms with Crippen molar-refractivity contribution >= 4 is 23.5 Å². The largest absolute Gasteiger partial charge is 0.318 e. The van der Waals surface area contributed by atoms with Crippen LogP contribution in [0.5, 0.6) is 0 Å². The molecule has 0 unspecified atom stereocenters. The molecule has 1 aromatic rings. The summed E-state index contributed by atoms with van der Waals surface area (Å²) in [6.45, 7) is 1.32. The predicted molar refractivity (Wildman–Crippen MR) is 73.0 cm³/mol. The molecule has 1 aliphatic heterocycles. The van der Waals surface area contributed by atoms with E-state index in [0.717, 1.165) is 5.56 Å². The van der Waals surface area contributed by atoms with Gasteiger partial charge in [0.1, 0.15) is 11.6 Å². The second-order valence-corrected chi connectivity index (χ2v) is 5.37. The summed E-state index contributed by atoms with van der Waals surface area (Å²) < 4.78 is 0. The SMILES string of the molecule is CC(=O)/C(C#N)=C1\NC(=O)[C@@H](Cc2ccccc2)S1. The topological polar surface area (TPSA) is 70.0 Å². The number of nitriles is 1. The van der Waals surface area contributed by atoms with Crippen LogP contribution in [0.3, 0.4) is 0 Å². The standard InChI is InChI=1S/C14H12N2O2S/c1-9(17)11(8-15)14-16-13(18)12(19-14)7-10-5-3-2-4-6-10/h2-6,12H,7H2,1H3,(H,16,18)/b14-11+/t12-/m1/s1. The Morgan fingerprint density at radius 2 is 2.11 bits per heavy atom. The first-order valence-corrected chi connectivity index (χ1v) is 6.66. The molecule has 1 amide bonds. The van der Waals surface area contributed by atoms with Crippen molar-refractivity contribution in [2.24, 2.45) is 0 Å². The molecule has 1 aromatic carbocycles. The molecule has 5 heteroatoms. The van der Waals surface area contributed by atoms with Crippen molar-refractivity contribution in [3.05, 3.63) is 46.5 Å². The molecule has 2 rings (SSSR count). The Labute approximate surface area is 115 Å². The van der Waals surface area contributed by atoms with Crippen molar-refractivity contribution in [2.75, 3.05) is 0 Å². The van der Waals surface area contributed by atoms with Gasteiger partial charge in [-0.05, 0) is 18.9 Å². The minimum absolute atomic E-state index is 0.0221. The van der Waals surface area contributed by atoms with Gasteiger partial charge in [0.2, 0.25) is 5.91 Å². The van der Waals surface area contributed by atoms with Gasteiger partial charge in [0.25, 0.3) is 0 Å². The number of hydrogen-bond acceptors (Lipinski definition) is 4. The molecule has 4 nitrogen and oxygen atoms in total. The van der Waals surface area contributed by atoms with E-state index in [1.54, 1.807) is 0 Å². The highest BCUT2D eigenvalue weighted by Gasteiger charge is 2.31. The molecule has 96 valence electrons. The molecule has 0 aromatic heterocycles. The number of amides is 1. The van der Waals surface area contributed by atoms with Gasteiger partial charge < -0.3 is 5.32 Å². The molecule has 1 heterocycles. The maximum Gasteiger partial charge on any atom is 0.238 e. The number of ketones is 1. The second kappa shape index (κ2) is 5.72.